The summed E-state index contributed by atoms with van der Waals surface area (Å²) in [5.74, 6) is 0.178. The van der Waals surface area contributed by atoms with Gasteiger partial charge in [0.1, 0.15) is 0 Å². The third-order valence-corrected chi connectivity index (χ3v) is 6.22. The SMILES string of the molecule is COC(=O)C1C(c2ccc(C3=CC=CC3)cc2)CC2CCC1N2C. The maximum Gasteiger partial charge on any atom is 0.310 e. The summed E-state index contributed by atoms with van der Waals surface area (Å²) in [6.07, 6.45) is 10.9. The van der Waals surface area contributed by atoms with Gasteiger partial charge in [-0.05, 0) is 49.4 Å². The molecule has 4 rings (SSSR count). The van der Waals surface area contributed by atoms with Gasteiger partial charge in [0.05, 0.1) is 13.0 Å². The molecule has 2 heterocycles. The molecule has 4 atom stereocenters. The zero-order chi connectivity index (χ0) is 16.7. The van der Waals surface area contributed by atoms with Crippen molar-refractivity contribution in [1.29, 1.82) is 0 Å². The first kappa shape index (κ1) is 15.6. The lowest BCUT2D eigenvalue weighted by Crippen LogP contribution is -2.49. The lowest BCUT2D eigenvalue weighted by molar-refractivity contribution is -0.150. The summed E-state index contributed by atoms with van der Waals surface area (Å²) in [6.45, 7) is 0. The van der Waals surface area contributed by atoms with Crippen LogP contribution in [0.4, 0.5) is 0 Å². The molecular weight excluding hydrogens is 298 g/mol. The van der Waals surface area contributed by atoms with Crippen molar-refractivity contribution in [2.45, 2.75) is 43.7 Å². The molecule has 0 N–H and O–H groups in total. The summed E-state index contributed by atoms with van der Waals surface area (Å²) < 4.78 is 5.16. The molecule has 0 radical (unpaired) electrons. The van der Waals surface area contributed by atoms with E-state index >= 15 is 0 Å². The highest BCUT2D eigenvalue weighted by Crippen LogP contribution is 2.46. The van der Waals surface area contributed by atoms with Crippen LogP contribution in [0.5, 0.6) is 0 Å². The topological polar surface area (TPSA) is 29.5 Å². The van der Waals surface area contributed by atoms with Crippen LogP contribution >= 0.6 is 0 Å². The number of benzene rings is 1. The Kier molecular flexibility index (Phi) is 4.05. The number of hydrogen-bond donors (Lipinski definition) is 0. The summed E-state index contributed by atoms with van der Waals surface area (Å²) in [5.41, 5.74) is 3.94. The van der Waals surface area contributed by atoms with Crippen LogP contribution in [0.25, 0.3) is 5.57 Å². The van der Waals surface area contributed by atoms with Gasteiger partial charge in [0.2, 0.25) is 0 Å². The maximum atomic E-state index is 12.5. The molecule has 24 heavy (non-hydrogen) atoms. The summed E-state index contributed by atoms with van der Waals surface area (Å²) in [5, 5.41) is 0. The molecule has 126 valence electrons. The van der Waals surface area contributed by atoms with Crippen molar-refractivity contribution in [3.63, 3.8) is 0 Å². The Morgan fingerprint density at radius 2 is 2.00 bits per heavy atom. The van der Waals surface area contributed by atoms with E-state index in [0.717, 1.165) is 19.3 Å². The van der Waals surface area contributed by atoms with Gasteiger partial charge in [-0.25, -0.2) is 0 Å². The molecule has 1 aromatic carbocycles. The first-order valence-electron chi connectivity index (χ1n) is 8.95. The van der Waals surface area contributed by atoms with Crippen LogP contribution in [0.3, 0.4) is 0 Å². The van der Waals surface area contributed by atoms with Crippen LogP contribution in [0, 0.1) is 5.92 Å². The summed E-state index contributed by atoms with van der Waals surface area (Å²) >= 11 is 0. The predicted molar refractivity (Wildman–Crippen MR) is 95.6 cm³/mol. The van der Waals surface area contributed by atoms with Gasteiger partial charge >= 0.3 is 5.97 Å². The number of rotatable bonds is 3. The molecule has 2 bridgehead atoms. The van der Waals surface area contributed by atoms with E-state index in [0.29, 0.717) is 12.1 Å². The van der Waals surface area contributed by atoms with Gasteiger partial charge in [0, 0.05) is 18.0 Å². The van der Waals surface area contributed by atoms with E-state index in [9.17, 15) is 4.79 Å². The molecule has 3 heteroatoms. The Morgan fingerprint density at radius 1 is 1.21 bits per heavy atom. The molecule has 2 saturated heterocycles. The van der Waals surface area contributed by atoms with E-state index in [4.69, 9.17) is 4.74 Å². The smallest absolute Gasteiger partial charge is 0.310 e. The monoisotopic (exact) mass is 323 g/mol. The number of piperidine rings is 1. The van der Waals surface area contributed by atoms with Crippen molar-refractivity contribution >= 4 is 11.5 Å². The standard InChI is InChI=1S/C21H25NO2/c1-22-17-11-12-19(22)20(21(23)24-2)18(13-17)16-9-7-15(8-10-16)14-5-3-4-6-14/h3-5,7-10,17-20H,6,11-13H2,1-2H3. The van der Waals surface area contributed by atoms with Crippen molar-refractivity contribution in [3.8, 4) is 0 Å². The summed E-state index contributed by atoms with van der Waals surface area (Å²) in [7, 11) is 3.68. The molecular formula is C21H25NO2. The fourth-order valence-corrected chi connectivity index (χ4v) is 4.87. The highest BCUT2D eigenvalue weighted by Gasteiger charge is 2.49. The molecule has 1 aromatic rings. The molecule has 0 amide bonds. The number of ether oxygens (including phenoxy) is 1. The Labute approximate surface area is 144 Å². The molecule has 0 spiro atoms. The third kappa shape index (κ3) is 2.51. The first-order chi connectivity index (χ1) is 11.7. The van der Waals surface area contributed by atoms with Crippen LogP contribution in [-0.4, -0.2) is 37.1 Å². The molecule has 2 fully saturated rings. The molecule has 0 aromatic heterocycles. The van der Waals surface area contributed by atoms with E-state index < -0.39 is 0 Å². The minimum atomic E-state index is -0.0519. The number of esters is 1. The molecule has 3 aliphatic rings. The van der Waals surface area contributed by atoms with Gasteiger partial charge < -0.3 is 4.74 Å². The fraction of sp³-hybridized carbons (Fsp3) is 0.476. The van der Waals surface area contributed by atoms with E-state index in [2.05, 4.69) is 54.4 Å². The second-order valence-corrected chi connectivity index (χ2v) is 7.30. The van der Waals surface area contributed by atoms with Gasteiger partial charge in [0.15, 0.2) is 0 Å². The van der Waals surface area contributed by atoms with Crippen molar-refractivity contribution in [1.82, 2.24) is 4.90 Å². The van der Waals surface area contributed by atoms with Crippen LogP contribution in [0.2, 0.25) is 0 Å². The van der Waals surface area contributed by atoms with Crippen molar-refractivity contribution in [2.75, 3.05) is 14.2 Å². The van der Waals surface area contributed by atoms with E-state index in [-0.39, 0.29) is 17.8 Å². The Hall–Kier alpha value is -1.87. The van der Waals surface area contributed by atoms with Crippen molar-refractivity contribution in [2.24, 2.45) is 5.92 Å². The zero-order valence-electron chi connectivity index (χ0n) is 14.4. The van der Waals surface area contributed by atoms with Gasteiger partial charge in [-0.15, -0.1) is 0 Å². The van der Waals surface area contributed by atoms with E-state index in [1.807, 2.05) is 0 Å². The number of carbonyl (C=O) groups is 1. The molecule has 0 saturated carbocycles. The predicted octanol–water partition coefficient (Wildman–Crippen LogP) is 3.77. The lowest BCUT2D eigenvalue weighted by atomic mass is 9.76. The quantitative estimate of drug-likeness (QED) is 0.793. The number of carbonyl (C=O) groups excluding carboxylic acids is 1. The largest absolute Gasteiger partial charge is 0.469 e. The average Bonchev–Trinajstić information content (AvgIpc) is 3.21. The second-order valence-electron chi connectivity index (χ2n) is 7.30. The highest BCUT2D eigenvalue weighted by molar-refractivity contribution is 5.75. The minimum absolute atomic E-state index is 0.0445. The van der Waals surface area contributed by atoms with Gasteiger partial charge in [0.25, 0.3) is 0 Å². The average molecular weight is 323 g/mol. The van der Waals surface area contributed by atoms with E-state index in [1.54, 1.807) is 0 Å². The number of methoxy groups -OCH3 is 1. The first-order valence-corrected chi connectivity index (χ1v) is 8.95. The van der Waals surface area contributed by atoms with Gasteiger partial charge in [-0.1, -0.05) is 42.5 Å². The third-order valence-electron chi connectivity index (χ3n) is 6.22. The van der Waals surface area contributed by atoms with Crippen molar-refractivity contribution < 1.29 is 9.53 Å². The Bertz CT molecular complexity index is 688. The van der Waals surface area contributed by atoms with Crippen LogP contribution in [0.15, 0.2) is 42.5 Å². The van der Waals surface area contributed by atoms with Crippen molar-refractivity contribution in [3.05, 3.63) is 53.6 Å². The number of allylic oxidation sites excluding steroid dienone is 4. The Balaban J connectivity index is 1.62. The summed E-state index contributed by atoms with van der Waals surface area (Å²) in [6, 6.07) is 9.79. The maximum absolute atomic E-state index is 12.5. The normalized spacial score (nSPS) is 32.0. The zero-order valence-corrected chi connectivity index (χ0v) is 14.4. The highest BCUT2D eigenvalue weighted by atomic mass is 16.5. The summed E-state index contributed by atoms with van der Waals surface area (Å²) in [4.78, 5) is 14.9. The van der Waals surface area contributed by atoms with Crippen LogP contribution < -0.4 is 0 Å². The van der Waals surface area contributed by atoms with Crippen LogP contribution in [-0.2, 0) is 9.53 Å². The molecule has 3 nitrogen and oxygen atoms in total. The number of nitrogens with zero attached hydrogens (tertiary/aromatic N) is 1. The second kappa shape index (κ2) is 6.21. The fourth-order valence-electron chi connectivity index (χ4n) is 4.87. The molecule has 2 aliphatic heterocycles. The van der Waals surface area contributed by atoms with Gasteiger partial charge in [-0.2, -0.15) is 0 Å². The number of fused-ring (bicyclic) bond motifs is 2. The van der Waals surface area contributed by atoms with Gasteiger partial charge in [-0.3, -0.25) is 9.69 Å². The molecule has 1 aliphatic carbocycles. The Morgan fingerprint density at radius 3 is 2.67 bits per heavy atom. The lowest BCUT2D eigenvalue weighted by Gasteiger charge is -2.41. The van der Waals surface area contributed by atoms with Crippen LogP contribution in [0.1, 0.15) is 42.7 Å². The molecule has 4 unspecified atom stereocenters. The van der Waals surface area contributed by atoms with E-state index in [1.165, 1.54) is 30.2 Å². The number of hydrogen-bond acceptors (Lipinski definition) is 3. The minimum Gasteiger partial charge on any atom is -0.469 e.